The Morgan fingerprint density at radius 2 is 2.11 bits per heavy atom. The number of benzene rings is 1. The molecular weight excluding hydrogens is 263 g/mol. The van der Waals surface area contributed by atoms with Crippen molar-refractivity contribution < 1.29 is 14.4 Å². The highest BCUT2D eigenvalue weighted by Gasteiger charge is 2.04. The van der Waals surface area contributed by atoms with Crippen molar-refractivity contribution in [2.75, 3.05) is 13.1 Å². The van der Waals surface area contributed by atoms with Gasteiger partial charge in [0.1, 0.15) is 0 Å². The van der Waals surface area contributed by atoms with E-state index in [4.69, 9.17) is 9.79 Å². The molecule has 0 bridgehead atoms. The second-order valence-corrected chi connectivity index (χ2v) is 5.76. The summed E-state index contributed by atoms with van der Waals surface area (Å²) in [5, 5.41) is 4.33. The van der Waals surface area contributed by atoms with Crippen LogP contribution in [-0.2, 0) is 11.0 Å². The minimum atomic E-state index is -4.02. The van der Waals surface area contributed by atoms with E-state index < -0.39 is 7.60 Å². The fourth-order valence-corrected chi connectivity index (χ4v) is 2.32. The summed E-state index contributed by atoms with van der Waals surface area (Å²) in [5.74, 6) is 0.922. The van der Waals surface area contributed by atoms with Crippen molar-refractivity contribution in [3.8, 4) is 0 Å². The molecule has 0 spiro atoms. The van der Waals surface area contributed by atoms with E-state index in [0.29, 0.717) is 6.54 Å². The van der Waals surface area contributed by atoms with Crippen molar-refractivity contribution in [1.82, 2.24) is 10.3 Å². The Balaban J connectivity index is 1.80. The molecule has 5 nitrogen and oxygen atoms in total. The maximum Gasteiger partial charge on any atom is 0.348 e. The molecule has 0 radical (unpaired) electrons. The van der Waals surface area contributed by atoms with E-state index in [2.05, 4.69) is 16.4 Å². The molecule has 1 aromatic heterocycles. The van der Waals surface area contributed by atoms with Gasteiger partial charge in [0.2, 0.25) is 0 Å². The number of H-pyrrole nitrogens is 1. The van der Waals surface area contributed by atoms with Crippen LogP contribution in [0.1, 0.15) is 5.56 Å². The second-order valence-electron chi connectivity index (χ2n) is 4.29. The molecule has 2 rings (SSSR count). The van der Waals surface area contributed by atoms with Crippen molar-refractivity contribution >= 4 is 18.5 Å². The van der Waals surface area contributed by atoms with Crippen molar-refractivity contribution in [2.45, 2.75) is 6.42 Å². The molecule has 0 fully saturated rings. The fourth-order valence-electron chi connectivity index (χ4n) is 1.94. The average Bonchev–Trinajstić information content (AvgIpc) is 2.76. The fraction of sp³-hybridized carbons (Fsp3) is 0.231. The van der Waals surface area contributed by atoms with Gasteiger partial charge in [-0.25, -0.2) is 0 Å². The SMILES string of the molecule is O=P(O)(O)C=CCNCCc1c[nH]c2ccccc12. The molecule has 19 heavy (non-hydrogen) atoms. The highest BCUT2D eigenvalue weighted by molar-refractivity contribution is 7.55. The lowest BCUT2D eigenvalue weighted by Crippen LogP contribution is -2.16. The number of hydrogen-bond donors (Lipinski definition) is 4. The zero-order valence-electron chi connectivity index (χ0n) is 10.4. The summed E-state index contributed by atoms with van der Waals surface area (Å²) in [7, 11) is -4.02. The molecule has 0 atom stereocenters. The zero-order valence-corrected chi connectivity index (χ0v) is 11.3. The number of nitrogens with one attached hydrogen (secondary N) is 2. The predicted molar refractivity (Wildman–Crippen MR) is 76.1 cm³/mol. The van der Waals surface area contributed by atoms with Crippen molar-refractivity contribution in [3.05, 3.63) is 47.9 Å². The Kier molecular flexibility index (Phi) is 4.56. The van der Waals surface area contributed by atoms with E-state index >= 15 is 0 Å². The number of hydrogen-bond acceptors (Lipinski definition) is 2. The van der Waals surface area contributed by atoms with Crippen molar-refractivity contribution in [2.24, 2.45) is 0 Å². The average molecular weight is 280 g/mol. The molecule has 0 unspecified atom stereocenters. The minimum absolute atomic E-state index is 0.452. The molecular formula is C13H17N2O3P. The zero-order chi connectivity index (χ0) is 13.7. The van der Waals surface area contributed by atoms with E-state index in [-0.39, 0.29) is 0 Å². The van der Waals surface area contributed by atoms with Crippen molar-refractivity contribution in [1.29, 1.82) is 0 Å². The number of aromatic nitrogens is 1. The van der Waals surface area contributed by atoms with Gasteiger partial charge in [-0.05, 0) is 24.6 Å². The lowest BCUT2D eigenvalue weighted by molar-refractivity contribution is 0.386. The molecule has 1 heterocycles. The van der Waals surface area contributed by atoms with Crippen LogP contribution in [-0.4, -0.2) is 27.9 Å². The quantitative estimate of drug-likeness (QED) is 0.481. The Hall–Kier alpha value is -1.39. The monoisotopic (exact) mass is 280 g/mol. The van der Waals surface area contributed by atoms with Crippen molar-refractivity contribution in [3.63, 3.8) is 0 Å². The van der Waals surface area contributed by atoms with Crippen LogP contribution in [0.4, 0.5) is 0 Å². The molecule has 0 amide bonds. The van der Waals surface area contributed by atoms with E-state index in [9.17, 15) is 4.57 Å². The van der Waals surface area contributed by atoms with Gasteiger partial charge in [0.25, 0.3) is 0 Å². The number of rotatable bonds is 6. The first-order chi connectivity index (χ1) is 9.06. The summed E-state index contributed by atoms with van der Waals surface area (Å²) in [6, 6.07) is 8.12. The molecule has 102 valence electrons. The predicted octanol–water partition coefficient (Wildman–Crippen LogP) is 1.99. The van der Waals surface area contributed by atoms with Gasteiger partial charge in [-0.3, -0.25) is 4.57 Å². The van der Waals surface area contributed by atoms with E-state index in [1.807, 2.05) is 24.4 Å². The van der Waals surface area contributed by atoms with Gasteiger partial charge in [0.05, 0.1) is 0 Å². The topological polar surface area (TPSA) is 85.3 Å². The van der Waals surface area contributed by atoms with Crippen LogP contribution in [0.25, 0.3) is 10.9 Å². The largest absolute Gasteiger partial charge is 0.361 e. The first-order valence-corrected chi connectivity index (χ1v) is 7.73. The molecule has 0 aliphatic heterocycles. The van der Waals surface area contributed by atoms with Crippen LogP contribution in [0.5, 0.6) is 0 Å². The summed E-state index contributed by atoms with van der Waals surface area (Å²) in [5.41, 5.74) is 2.36. The summed E-state index contributed by atoms with van der Waals surface area (Å²) < 4.78 is 10.6. The molecule has 6 heteroatoms. The van der Waals surface area contributed by atoms with Gasteiger partial charge in [-0.1, -0.05) is 24.3 Å². The third kappa shape index (κ3) is 4.33. The van der Waals surface area contributed by atoms with Gasteiger partial charge >= 0.3 is 7.60 Å². The van der Waals surface area contributed by atoms with Crippen LogP contribution in [0.3, 0.4) is 0 Å². The molecule has 4 N–H and O–H groups in total. The van der Waals surface area contributed by atoms with E-state index in [1.165, 1.54) is 17.0 Å². The third-order valence-corrected chi connectivity index (χ3v) is 3.41. The molecule has 0 saturated heterocycles. The number of fused-ring (bicyclic) bond motifs is 1. The lowest BCUT2D eigenvalue weighted by Gasteiger charge is -2.01. The first kappa shape index (κ1) is 14.0. The smallest absolute Gasteiger partial charge is 0.348 e. The molecule has 0 aliphatic rings. The van der Waals surface area contributed by atoms with E-state index in [0.717, 1.165) is 24.3 Å². The highest BCUT2D eigenvalue weighted by atomic mass is 31.2. The lowest BCUT2D eigenvalue weighted by atomic mass is 10.1. The third-order valence-electron chi connectivity index (χ3n) is 2.81. The Labute approximate surface area is 111 Å². The van der Waals surface area contributed by atoms with Gasteiger partial charge < -0.3 is 20.1 Å². The highest BCUT2D eigenvalue weighted by Crippen LogP contribution is 2.35. The molecule has 1 aromatic carbocycles. The number of para-hydroxylation sites is 1. The standard InChI is InChI=1S/C13H17N2O3P/c16-19(17,18)9-3-7-14-8-6-11-10-15-13-5-2-1-4-12(11)13/h1-5,9-10,14-15H,6-8H2,(H2,16,17,18). The summed E-state index contributed by atoms with van der Waals surface area (Å²) in [6.07, 6.45) is 4.32. The van der Waals surface area contributed by atoms with Crippen LogP contribution < -0.4 is 5.32 Å². The normalized spacial score (nSPS) is 12.5. The molecule has 0 aliphatic carbocycles. The number of aromatic amines is 1. The molecule has 2 aromatic rings. The Morgan fingerprint density at radius 3 is 2.89 bits per heavy atom. The van der Waals surface area contributed by atoms with Gasteiger partial charge in [0, 0.05) is 29.5 Å². The summed E-state index contributed by atoms with van der Waals surface area (Å²) in [4.78, 5) is 20.5. The van der Waals surface area contributed by atoms with Gasteiger partial charge in [-0.2, -0.15) is 0 Å². The van der Waals surface area contributed by atoms with Crippen LogP contribution >= 0.6 is 7.60 Å². The van der Waals surface area contributed by atoms with Crippen LogP contribution in [0, 0.1) is 0 Å². The second kappa shape index (κ2) is 6.17. The van der Waals surface area contributed by atoms with Crippen LogP contribution in [0.2, 0.25) is 0 Å². The van der Waals surface area contributed by atoms with Crippen LogP contribution in [0.15, 0.2) is 42.4 Å². The Morgan fingerprint density at radius 1 is 1.32 bits per heavy atom. The van der Waals surface area contributed by atoms with Gasteiger partial charge in [-0.15, -0.1) is 0 Å². The van der Waals surface area contributed by atoms with Gasteiger partial charge in [0.15, 0.2) is 0 Å². The summed E-state index contributed by atoms with van der Waals surface area (Å²) in [6.45, 7) is 1.21. The Bertz CT molecular complexity index is 615. The maximum atomic E-state index is 10.6. The van der Waals surface area contributed by atoms with E-state index in [1.54, 1.807) is 0 Å². The summed E-state index contributed by atoms with van der Waals surface area (Å²) >= 11 is 0. The maximum absolute atomic E-state index is 10.6. The minimum Gasteiger partial charge on any atom is -0.361 e. The molecule has 0 saturated carbocycles. The first-order valence-electron chi connectivity index (χ1n) is 6.05.